The number of amides is 1. The summed E-state index contributed by atoms with van der Waals surface area (Å²) in [4.78, 5) is 24.0. The number of halogens is 2. The number of carbonyl (C=O) groups excluding carboxylic acids is 1. The number of carboxylic acid groups (broad SMARTS) is 1. The van der Waals surface area contributed by atoms with Crippen molar-refractivity contribution in [1.29, 1.82) is 0 Å². The van der Waals surface area contributed by atoms with Crippen LogP contribution in [-0.4, -0.2) is 21.6 Å². The van der Waals surface area contributed by atoms with Gasteiger partial charge in [0, 0.05) is 29.2 Å². The fraction of sp³-hybridized carbons (Fsp3) is 0.100. The molecular weight excluding hydrogens is 371 g/mol. The Bertz CT molecular complexity index is 1060. The smallest absolute Gasteiger partial charge is 0.339 e. The molecule has 3 aromatic rings. The van der Waals surface area contributed by atoms with Gasteiger partial charge in [-0.1, -0.05) is 29.8 Å². The van der Waals surface area contributed by atoms with E-state index >= 15 is 0 Å². The molecule has 2 heterocycles. The van der Waals surface area contributed by atoms with Crippen LogP contribution in [0.15, 0.2) is 54.7 Å². The first-order valence-electron chi connectivity index (χ1n) is 8.24. The number of hydrogen-bond donors (Lipinski definition) is 2. The van der Waals surface area contributed by atoms with Crippen LogP contribution in [0.5, 0.6) is 0 Å². The summed E-state index contributed by atoms with van der Waals surface area (Å²) < 4.78 is 15.4. The molecule has 0 fully saturated rings. The number of hydrogen-bond acceptors (Lipinski definition) is 2. The third-order valence-corrected chi connectivity index (χ3v) is 4.87. The van der Waals surface area contributed by atoms with E-state index in [1.807, 2.05) is 0 Å². The first kappa shape index (κ1) is 17.3. The average Bonchev–Trinajstić information content (AvgIpc) is 3.01. The second kappa shape index (κ2) is 6.55. The van der Waals surface area contributed by atoms with Crippen LogP contribution in [0.2, 0.25) is 5.02 Å². The molecule has 0 aliphatic carbocycles. The molecule has 5 nitrogen and oxygen atoms in total. The predicted octanol–water partition coefficient (Wildman–Crippen LogP) is 4.44. The normalized spacial score (nSPS) is 15.9. The Morgan fingerprint density at radius 1 is 1.22 bits per heavy atom. The molecule has 2 aromatic carbocycles. The highest BCUT2D eigenvalue weighted by Gasteiger charge is 2.34. The van der Waals surface area contributed by atoms with Gasteiger partial charge in [-0.15, -0.1) is 0 Å². The number of carbonyl (C=O) groups is 2. The highest BCUT2D eigenvalue weighted by atomic mass is 35.5. The highest BCUT2D eigenvalue weighted by Crippen LogP contribution is 2.41. The Kier molecular flexibility index (Phi) is 4.20. The Hall–Kier alpha value is -3.12. The Morgan fingerprint density at radius 3 is 2.63 bits per heavy atom. The van der Waals surface area contributed by atoms with Crippen molar-refractivity contribution in [3.8, 4) is 5.69 Å². The zero-order valence-electron chi connectivity index (χ0n) is 13.9. The van der Waals surface area contributed by atoms with Gasteiger partial charge in [0.05, 0.1) is 11.4 Å². The molecule has 27 heavy (non-hydrogen) atoms. The Balaban J connectivity index is 1.97. The van der Waals surface area contributed by atoms with Gasteiger partial charge < -0.3 is 15.0 Å². The summed E-state index contributed by atoms with van der Waals surface area (Å²) in [6.07, 6.45) is 1.56. The van der Waals surface area contributed by atoms with Crippen molar-refractivity contribution in [1.82, 2.24) is 4.57 Å². The number of rotatable bonds is 3. The van der Waals surface area contributed by atoms with Crippen molar-refractivity contribution in [2.45, 2.75) is 12.3 Å². The zero-order chi connectivity index (χ0) is 19.1. The fourth-order valence-electron chi connectivity index (χ4n) is 3.44. The van der Waals surface area contributed by atoms with Crippen molar-refractivity contribution >= 4 is 29.2 Å². The van der Waals surface area contributed by atoms with Gasteiger partial charge in [0.15, 0.2) is 0 Å². The van der Waals surface area contributed by atoms with Gasteiger partial charge in [-0.25, -0.2) is 9.18 Å². The molecule has 0 saturated carbocycles. The molecule has 1 amide bonds. The zero-order valence-corrected chi connectivity index (χ0v) is 14.7. The Labute approximate surface area is 159 Å². The van der Waals surface area contributed by atoms with Crippen LogP contribution < -0.4 is 5.32 Å². The number of anilines is 1. The summed E-state index contributed by atoms with van der Waals surface area (Å²) in [7, 11) is 0. The van der Waals surface area contributed by atoms with E-state index in [-0.39, 0.29) is 29.5 Å². The summed E-state index contributed by atoms with van der Waals surface area (Å²) in [5.41, 5.74) is 2.10. The van der Waals surface area contributed by atoms with E-state index in [1.165, 1.54) is 18.3 Å². The molecule has 0 saturated heterocycles. The molecule has 1 atom stereocenters. The topological polar surface area (TPSA) is 71.3 Å². The van der Waals surface area contributed by atoms with E-state index in [9.17, 15) is 19.1 Å². The lowest BCUT2D eigenvalue weighted by Crippen LogP contribution is -2.25. The van der Waals surface area contributed by atoms with E-state index in [1.54, 1.807) is 41.0 Å². The van der Waals surface area contributed by atoms with E-state index in [0.717, 1.165) is 5.56 Å². The van der Waals surface area contributed by atoms with Crippen molar-refractivity contribution in [3.63, 3.8) is 0 Å². The van der Waals surface area contributed by atoms with Crippen molar-refractivity contribution in [3.05, 3.63) is 82.4 Å². The lowest BCUT2D eigenvalue weighted by Gasteiger charge is -2.26. The maximum Gasteiger partial charge on any atom is 0.339 e. The predicted molar refractivity (Wildman–Crippen MR) is 99.2 cm³/mol. The molecule has 7 heteroatoms. The second-order valence-electron chi connectivity index (χ2n) is 6.31. The highest BCUT2D eigenvalue weighted by molar-refractivity contribution is 6.30. The monoisotopic (exact) mass is 384 g/mol. The molecule has 0 radical (unpaired) electrons. The van der Waals surface area contributed by atoms with Crippen molar-refractivity contribution in [2.24, 2.45) is 0 Å². The summed E-state index contributed by atoms with van der Waals surface area (Å²) in [6.45, 7) is 0. The van der Waals surface area contributed by atoms with Crippen LogP contribution in [0.4, 0.5) is 10.1 Å². The largest absolute Gasteiger partial charge is 0.478 e. The summed E-state index contributed by atoms with van der Waals surface area (Å²) in [5, 5.41) is 12.8. The maximum absolute atomic E-state index is 13.8. The lowest BCUT2D eigenvalue weighted by molar-refractivity contribution is -0.116. The first-order chi connectivity index (χ1) is 12.9. The molecule has 0 bridgehead atoms. The molecule has 0 spiro atoms. The van der Waals surface area contributed by atoms with Crippen LogP contribution in [0.25, 0.3) is 5.69 Å². The molecule has 2 N–H and O–H groups in total. The molecule has 1 aliphatic heterocycles. The number of nitrogens with one attached hydrogen (secondary N) is 1. The maximum atomic E-state index is 13.8. The standard InChI is InChI=1S/C20H14ClFN2O3/c21-12-6-4-11(5-7-12)15-9-17(25)23-18-16(20(26)27)10-24(19(15)18)14-3-1-2-13(22)8-14/h1-8,10,15H,9H2,(H,23,25)(H,26,27)/t15-/m0/s1. The second-order valence-corrected chi connectivity index (χ2v) is 6.75. The third-order valence-electron chi connectivity index (χ3n) is 4.62. The SMILES string of the molecule is O=C1C[C@@H](c2ccc(Cl)cc2)c2c(c(C(=O)O)cn2-c2cccc(F)c2)N1. The van der Waals surface area contributed by atoms with Crippen LogP contribution in [0, 0.1) is 5.82 Å². The minimum absolute atomic E-state index is 0.0405. The lowest BCUT2D eigenvalue weighted by atomic mass is 9.88. The first-order valence-corrected chi connectivity index (χ1v) is 8.61. The van der Waals surface area contributed by atoms with E-state index in [0.29, 0.717) is 16.4 Å². The molecular formula is C20H14ClFN2O3. The summed E-state index contributed by atoms with van der Waals surface area (Å²) >= 11 is 5.97. The quantitative estimate of drug-likeness (QED) is 0.701. The third kappa shape index (κ3) is 3.08. The van der Waals surface area contributed by atoms with Gasteiger partial charge in [-0.05, 0) is 35.9 Å². The van der Waals surface area contributed by atoms with Gasteiger partial charge in [-0.2, -0.15) is 0 Å². The molecule has 1 aromatic heterocycles. The van der Waals surface area contributed by atoms with Gasteiger partial charge >= 0.3 is 5.97 Å². The molecule has 1 aliphatic rings. The number of aromatic nitrogens is 1. The number of aromatic carboxylic acids is 1. The molecule has 4 rings (SSSR count). The number of fused-ring (bicyclic) bond motifs is 1. The summed E-state index contributed by atoms with van der Waals surface area (Å²) in [5.74, 6) is -2.27. The average molecular weight is 385 g/mol. The minimum atomic E-state index is -1.17. The minimum Gasteiger partial charge on any atom is -0.478 e. The molecule has 136 valence electrons. The fourth-order valence-corrected chi connectivity index (χ4v) is 3.57. The van der Waals surface area contributed by atoms with Gasteiger partial charge in [0.25, 0.3) is 0 Å². The van der Waals surface area contributed by atoms with E-state index in [4.69, 9.17) is 11.6 Å². The van der Waals surface area contributed by atoms with Crippen molar-refractivity contribution in [2.75, 3.05) is 5.32 Å². The van der Waals surface area contributed by atoms with Crippen LogP contribution in [0.3, 0.4) is 0 Å². The van der Waals surface area contributed by atoms with E-state index in [2.05, 4.69) is 5.32 Å². The number of carboxylic acids is 1. The van der Waals surface area contributed by atoms with Gasteiger partial charge in [0.2, 0.25) is 5.91 Å². The van der Waals surface area contributed by atoms with Crippen LogP contribution in [-0.2, 0) is 4.79 Å². The van der Waals surface area contributed by atoms with Gasteiger partial charge in [-0.3, -0.25) is 4.79 Å². The van der Waals surface area contributed by atoms with Crippen LogP contribution >= 0.6 is 11.6 Å². The Morgan fingerprint density at radius 2 is 1.96 bits per heavy atom. The number of nitrogens with zero attached hydrogens (tertiary/aromatic N) is 1. The molecule has 0 unspecified atom stereocenters. The van der Waals surface area contributed by atoms with Crippen LogP contribution in [0.1, 0.15) is 34.0 Å². The van der Waals surface area contributed by atoms with E-state index < -0.39 is 11.8 Å². The summed E-state index contributed by atoms with van der Waals surface area (Å²) in [6, 6.07) is 12.9. The van der Waals surface area contributed by atoms with Crippen molar-refractivity contribution < 1.29 is 19.1 Å². The number of benzene rings is 2. The van der Waals surface area contributed by atoms with Gasteiger partial charge in [0.1, 0.15) is 11.4 Å².